The van der Waals surface area contributed by atoms with Crippen molar-refractivity contribution in [1.29, 1.82) is 0 Å². The molecule has 0 aromatic carbocycles. The smallest absolute Gasteiger partial charge is 0.303 e. The van der Waals surface area contributed by atoms with E-state index in [2.05, 4.69) is 26.5 Å². The lowest BCUT2D eigenvalue weighted by molar-refractivity contribution is -0.363. The van der Waals surface area contributed by atoms with Gasteiger partial charge >= 0.3 is 5.97 Å². The molecule has 9 rings (SSSR count). The van der Waals surface area contributed by atoms with Gasteiger partial charge in [0.2, 0.25) is 5.79 Å². The van der Waals surface area contributed by atoms with Crippen LogP contribution in [0.5, 0.6) is 0 Å². The van der Waals surface area contributed by atoms with Gasteiger partial charge in [-0.3, -0.25) is 4.79 Å². The van der Waals surface area contributed by atoms with Crippen LogP contribution in [-0.4, -0.2) is 187 Å². The first-order valence-corrected chi connectivity index (χ1v) is 23.5. The summed E-state index contributed by atoms with van der Waals surface area (Å²) in [6.07, 6.45) is -17.0. The van der Waals surface area contributed by atoms with E-state index in [1.807, 2.05) is 6.92 Å². The molecule has 19 nitrogen and oxygen atoms in total. The van der Waals surface area contributed by atoms with Crippen LogP contribution in [0.15, 0.2) is 23.8 Å². The first-order valence-electron chi connectivity index (χ1n) is 23.5. The molecule has 5 saturated heterocycles. The van der Waals surface area contributed by atoms with Crippen molar-refractivity contribution < 1.29 is 93.4 Å². The lowest BCUT2D eigenvalue weighted by Gasteiger charge is -2.60. The van der Waals surface area contributed by atoms with Gasteiger partial charge in [0.15, 0.2) is 25.0 Å². The van der Waals surface area contributed by atoms with Crippen LogP contribution in [0.2, 0.25) is 0 Å². The highest BCUT2D eigenvalue weighted by Crippen LogP contribution is 2.71. The normalized spacial score (nSPS) is 56.6. The fourth-order valence-electron chi connectivity index (χ4n) is 14.1. The van der Waals surface area contributed by atoms with Crippen LogP contribution in [0.3, 0.4) is 0 Å². The molecule has 8 fully saturated rings. The summed E-state index contributed by atoms with van der Waals surface area (Å²) in [5, 5.41) is 98.9. The molecule has 1 spiro atoms. The van der Waals surface area contributed by atoms with E-state index < -0.39 is 128 Å². The molecule has 5 heterocycles. The Balaban J connectivity index is 0.927. The number of aliphatic hydroxyl groups excluding tert-OH is 9. The number of hydrogen-bond donors (Lipinski definition) is 9. The van der Waals surface area contributed by atoms with Gasteiger partial charge in [0.1, 0.15) is 61.0 Å². The summed E-state index contributed by atoms with van der Waals surface area (Å²) in [4.78, 5) is 11.7. The summed E-state index contributed by atoms with van der Waals surface area (Å²) in [6.45, 7) is 14.7. The summed E-state index contributed by atoms with van der Waals surface area (Å²) in [5.41, 5.74) is 0.680. The van der Waals surface area contributed by atoms with E-state index in [1.165, 1.54) is 6.92 Å². The Morgan fingerprint density at radius 1 is 0.800 bits per heavy atom. The molecule has 0 radical (unpaired) electrons. The zero-order valence-corrected chi connectivity index (χ0v) is 37.9. The third-order valence-corrected chi connectivity index (χ3v) is 17.5. The van der Waals surface area contributed by atoms with Crippen LogP contribution >= 0.6 is 0 Å². The Bertz CT molecular complexity index is 1820. The fourth-order valence-corrected chi connectivity index (χ4v) is 14.1. The van der Waals surface area contributed by atoms with Crippen molar-refractivity contribution in [2.75, 3.05) is 13.2 Å². The first-order chi connectivity index (χ1) is 30.6. The van der Waals surface area contributed by atoms with Crippen molar-refractivity contribution in [3.63, 3.8) is 0 Å². The largest absolute Gasteiger partial charge is 0.457 e. The van der Waals surface area contributed by atoms with Crippen LogP contribution in [0.1, 0.15) is 80.1 Å². The SMILES string of the molecule is C=C1COC2(OC3CC4C5CC=C6CC(O)CC(OC7OCC(O)C(O)C7OC7OC(C)C(OC(C)=O)C(O)C7O)C6(C)C5CCC4(C)C3C2C)C(O)C1OC1OC(C)C(O)C(O)C1O. The molecule has 0 aromatic heterocycles. The zero-order valence-electron chi connectivity index (χ0n) is 37.9. The highest BCUT2D eigenvalue weighted by atomic mass is 16.8. The topological polar surface area (TPSA) is 282 Å². The van der Waals surface area contributed by atoms with Gasteiger partial charge in [0.25, 0.3) is 0 Å². The molecule has 9 aliphatic rings. The van der Waals surface area contributed by atoms with Gasteiger partial charge in [-0.2, -0.15) is 0 Å². The van der Waals surface area contributed by atoms with E-state index in [0.29, 0.717) is 18.4 Å². The third kappa shape index (κ3) is 7.71. The molecule has 9 N–H and O–H groups in total. The lowest BCUT2D eigenvalue weighted by atomic mass is 9.46. The Labute approximate surface area is 378 Å². The van der Waals surface area contributed by atoms with E-state index in [1.54, 1.807) is 13.8 Å². The van der Waals surface area contributed by atoms with Gasteiger partial charge in [-0.1, -0.05) is 39.0 Å². The monoisotopic (exact) mass is 926 g/mol. The molecule has 27 atom stereocenters. The van der Waals surface area contributed by atoms with Crippen LogP contribution < -0.4 is 0 Å². The molecular formula is C46H70O19. The molecule has 0 bridgehead atoms. The number of aliphatic hydroxyl groups is 9. The summed E-state index contributed by atoms with van der Waals surface area (Å²) in [7, 11) is 0. The maximum atomic E-state index is 12.1. The van der Waals surface area contributed by atoms with Crippen molar-refractivity contribution in [3.8, 4) is 0 Å². The Kier molecular flexibility index (Phi) is 13.1. The third-order valence-electron chi connectivity index (χ3n) is 17.5. The number of carbonyl (C=O) groups excluding carboxylic acids is 1. The average Bonchev–Trinajstić information content (AvgIpc) is 3.72. The van der Waals surface area contributed by atoms with Crippen LogP contribution in [0, 0.1) is 40.4 Å². The molecule has 4 aliphatic carbocycles. The van der Waals surface area contributed by atoms with Crippen molar-refractivity contribution in [3.05, 3.63) is 23.8 Å². The van der Waals surface area contributed by atoms with Gasteiger partial charge in [-0.05, 0) is 80.6 Å². The number of fused-ring (bicyclic) bond motifs is 7. The lowest BCUT2D eigenvalue weighted by Crippen LogP contribution is -2.64. The van der Waals surface area contributed by atoms with Crippen LogP contribution in [0.4, 0.5) is 0 Å². The molecule has 65 heavy (non-hydrogen) atoms. The quantitative estimate of drug-likeness (QED) is 0.113. The minimum atomic E-state index is -1.70. The standard InChI is InChI=1S/C46H70O19/c1-17-15-58-46(40(56)37(17)63-41-35(54)33(52)31(50)19(3)59-41)18(2)30-28(65-46)14-26-24-9-8-22-12-23(48)13-29(45(22,7)25(24)10-11-44(26,30)6)62-43-39(32(51)27(49)16-57-43)64-42-36(55)34(53)38(20(4)60-42)61-21(5)47/h8,18-20,23-43,48-56H,1,9-16H2,2-7H3. The Hall–Kier alpha value is -1.73. The maximum Gasteiger partial charge on any atom is 0.303 e. The van der Waals surface area contributed by atoms with Gasteiger partial charge < -0.3 is 88.6 Å². The van der Waals surface area contributed by atoms with Gasteiger partial charge in [-0.25, -0.2) is 0 Å². The van der Waals surface area contributed by atoms with Crippen LogP contribution in [0.25, 0.3) is 0 Å². The van der Waals surface area contributed by atoms with E-state index >= 15 is 0 Å². The van der Waals surface area contributed by atoms with E-state index in [9.17, 15) is 50.8 Å². The number of hydrogen-bond acceptors (Lipinski definition) is 19. The average molecular weight is 927 g/mol. The molecule has 5 aliphatic heterocycles. The molecular weight excluding hydrogens is 856 g/mol. The van der Waals surface area contributed by atoms with E-state index in [0.717, 1.165) is 24.8 Å². The predicted molar refractivity (Wildman–Crippen MR) is 220 cm³/mol. The maximum absolute atomic E-state index is 12.1. The summed E-state index contributed by atoms with van der Waals surface area (Å²) >= 11 is 0. The van der Waals surface area contributed by atoms with Gasteiger partial charge in [0.05, 0.1) is 43.7 Å². The van der Waals surface area contributed by atoms with Crippen molar-refractivity contribution in [2.45, 2.75) is 202 Å². The van der Waals surface area contributed by atoms with Crippen molar-refractivity contribution in [1.82, 2.24) is 0 Å². The molecule has 3 saturated carbocycles. The molecule has 0 amide bonds. The molecule has 0 aromatic rings. The Morgan fingerprint density at radius 2 is 1.49 bits per heavy atom. The molecule has 368 valence electrons. The highest BCUT2D eigenvalue weighted by Gasteiger charge is 2.72. The number of carbonyl (C=O) groups is 1. The Morgan fingerprint density at radius 3 is 2.22 bits per heavy atom. The van der Waals surface area contributed by atoms with E-state index in [4.69, 9.17) is 42.6 Å². The fraction of sp³-hybridized carbons (Fsp3) is 0.891. The molecule has 19 heteroatoms. The van der Waals surface area contributed by atoms with Gasteiger partial charge in [0, 0.05) is 24.7 Å². The predicted octanol–water partition coefficient (Wildman–Crippen LogP) is -0.716. The first kappa shape index (κ1) is 48.3. The number of rotatable bonds is 7. The summed E-state index contributed by atoms with van der Waals surface area (Å²) < 4.78 is 55.3. The van der Waals surface area contributed by atoms with Crippen molar-refractivity contribution >= 4 is 5.97 Å². The number of esters is 1. The zero-order chi connectivity index (χ0) is 46.8. The summed E-state index contributed by atoms with van der Waals surface area (Å²) in [5.74, 6) is -1.93. The van der Waals surface area contributed by atoms with Crippen molar-refractivity contribution in [2.24, 2.45) is 40.4 Å². The summed E-state index contributed by atoms with van der Waals surface area (Å²) in [6, 6.07) is 0. The number of ether oxygens (including phenoxy) is 9. The molecule has 27 unspecified atom stereocenters. The van der Waals surface area contributed by atoms with Crippen LogP contribution in [-0.2, 0) is 47.4 Å². The van der Waals surface area contributed by atoms with E-state index in [-0.39, 0.29) is 60.7 Å². The van der Waals surface area contributed by atoms with Gasteiger partial charge in [-0.15, -0.1) is 0 Å². The second-order valence-corrected chi connectivity index (χ2v) is 21.1. The second kappa shape index (κ2) is 17.6. The number of allylic oxidation sites excluding steroid dienone is 1. The minimum absolute atomic E-state index is 0.00797. The minimum Gasteiger partial charge on any atom is -0.457 e. The highest BCUT2D eigenvalue weighted by molar-refractivity contribution is 5.66. The second-order valence-electron chi connectivity index (χ2n) is 21.1.